The minimum Gasteiger partial charge on any atom is -0.346 e. The summed E-state index contributed by atoms with van der Waals surface area (Å²) in [6, 6.07) is 20.4. The van der Waals surface area contributed by atoms with E-state index < -0.39 is 0 Å². The molecular formula is C24H21FN2O2. The van der Waals surface area contributed by atoms with Crippen molar-refractivity contribution in [2.75, 3.05) is 11.4 Å². The van der Waals surface area contributed by atoms with Crippen molar-refractivity contribution in [2.24, 2.45) is 0 Å². The molecule has 4 nitrogen and oxygen atoms in total. The van der Waals surface area contributed by atoms with Gasteiger partial charge in [0.1, 0.15) is 5.82 Å². The summed E-state index contributed by atoms with van der Waals surface area (Å²) >= 11 is 0. The van der Waals surface area contributed by atoms with E-state index in [0.29, 0.717) is 17.7 Å². The highest BCUT2D eigenvalue weighted by molar-refractivity contribution is 6.07. The number of nitrogens with one attached hydrogen (secondary N) is 1. The van der Waals surface area contributed by atoms with Gasteiger partial charge in [-0.15, -0.1) is 0 Å². The average molecular weight is 388 g/mol. The van der Waals surface area contributed by atoms with Gasteiger partial charge in [0.2, 0.25) is 0 Å². The second kappa shape index (κ2) is 7.87. The van der Waals surface area contributed by atoms with Crippen LogP contribution in [0, 0.1) is 5.82 Å². The molecule has 0 saturated carbocycles. The van der Waals surface area contributed by atoms with Crippen LogP contribution in [0.2, 0.25) is 0 Å². The Kier molecular flexibility index (Phi) is 5.12. The van der Waals surface area contributed by atoms with Crippen molar-refractivity contribution in [1.29, 1.82) is 0 Å². The van der Waals surface area contributed by atoms with Crippen LogP contribution in [0.1, 0.15) is 44.8 Å². The minimum absolute atomic E-state index is 0.00485. The van der Waals surface area contributed by atoms with E-state index in [1.165, 1.54) is 24.3 Å². The number of fused-ring (bicyclic) bond motifs is 1. The largest absolute Gasteiger partial charge is 0.346 e. The van der Waals surface area contributed by atoms with Gasteiger partial charge in [-0.1, -0.05) is 30.3 Å². The lowest BCUT2D eigenvalue weighted by atomic mass is 10.0. The number of halogens is 1. The van der Waals surface area contributed by atoms with Crippen molar-refractivity contribution >= 4 is 17.5 Å². The number of hydrogen-bond donors (Lipinski definition) is 1. The van der Waals surface area contributed by atoms with Gasteiger partial charge in [-0.05, 0) is 66.9 Å². The van der Waals surface area contributed by atoms with Crippen LogP contribution in [0.5, 0.6) is 0 Å². The first kappa shape index (κ1) is 18.9. The van der Waals surface area contributed by atoms with Gasteiger partial charge in [-0.2, -0.15) is 0 Å². The number of nitrogens with zero attached hydrogens (tertiary/aromatic N) is 1. The van der Waals surface area contributed by atoms with Crippen molar-refractivity contribution in [3.63, 3.8) is 0 Å². The van der Waals surface area contributed by atoms with Crippen LogP contribution in [0.25, 0.3) is 0 Å². The van der Waals surface area contributed by atoms with Crippen LogP contribution in [-0.4, -0.2) is 18.4 Å². The van der Waals surface area contributed by atoms with Gasteiger partial charge in [-0.3, -0.25) is 9.59 Å². The molecule has 3 aromatic carbocycles. The topological polar surface area (TPSA) is 49.4 Å². The van der Waals surface area contributed by atoms with Crippen LogP contribution >= 0.6 is 0 Å². The molecule has 0 aromatic heterocycles. The Morgan fingerprint density at radius 2 is 1.69 bits per heavy atom. The van der Waals surface area contributed by atoms with Gasteiger partial charge < -0.3 is 10.2 Å². The summed E-state index contributed by atoms with van der Waals surface area (Å²) in [5.74, 6) is -0.628. The first-order valence-electron chi connectivity index (χ1n) is 9.59. The third-order valence-corrected chi connectivity index (χ3v) is 5.22. The van der Waals surface area contributed by atoms with Crippen LogP contribution < -0.4 is 10.2 Å². The Hall–Kier alpha value is -3.47. The molecule has 0 aliphatic carbocycles. The van der Waals surface area contributed by atoms with E-state index >= 15 is 0 Å². The predicted molar refractivity (Wildman–Crippen MR) is 111 cm³/mol. The molecule has 3 aromatic rings. The van der Waals surface area contributed by atoms with Gasteiger partial charge in [0, 0.05) is 23.4 Å². The molecule has 29 heavy (non-hydrogen) atoms. The Morgan fingerprint density at radius 3 is 2.41 bits per heavy atom. The lowest BCUT2D eigenvalue weighted by Crippen LogP contribution is -2.29. The van der Waals surface area contributed by atoms with Crippen molar-refractivity contribution in [3.05, 3.63) is 101 Å². The van der Waals surface area contributed by atoms with Crippen LogP contribution in [0.3, 0.4) is 0 Å². The first-order chi connectivity index (χ1) is 14.0. The minimum atomic E-state index is -0.372. The Labute approximate surface area is 169 Å². The van der Waals surface area contributed by atoms with E-state index in [0.717, 1.165) is 23.2 Å². The van der Waals surface area contributed by atoms with Crippen LogP contribution in [0.15, 0.2) is 72.8 Å². The van der Waals surface area contributed by atoms with Crippen molar-refractivity contribution < 1.29 is 14.0 Å². The lowest BCUT2D eigenvalue weighted by molar-refractivity contribution is 0.0938. The highest BCUT2D eigenvalue weighted by Gasteiger charge is 2.26. The maximum atomic E-state index is 13.0. The summed E-state index contributed by atoms with van der Waals surface area (Å²) in [4.78, 5) is 27.0. The normalized spacial score (nSPS) is 13.7. The van der Waals surface area contributed by atoms with Gasteiger partial charge in [0.15, 0.2) is 0 Å². The molecule has 5 heteroatoms. The molecule has 1 aliphatic rings. The van der Waals surface area contributed by atoms with Crippen LogP contribution in [-0.2, 0) is 6.42 Å². The summed E-state index contributed by atoms with van der Waals surface area (Å²) in [5, 5.41) is 2.94. The molecule has 0 fully saturated rings. The van der Waals surface area contributed by atoms with E-state index in [-0.39, 0.29) is 23.7 Å². The number of rotatable bonds is 4. The van der Waals surface area contributed by atoms with E-state index in [4.69, 9.17) is 0 Å². The number of benzene rings is 3. The predicted octanol–water partition coefficient (Wildman–Crippen LogP) is 4.52. The second-order valence-corrected chi connectivity index (χ2v) is 7.16. The highest BCUT2D eigenvalue weighted by atomic mass is 19.1. The number of hydrogen-bond acceptors (Lipinski definition) is 2. The monoisotopic (exact) mass is 388 g/mol. The van der Waals surface area contributed by atoms with Gasteiger partial charge in [0.25, 0.3) is 11.8 Å². The van der Waals surface area contributed by atoms with Gasteiger partial charge >= 0.3 is 0 Å². The lowest BCUT2D eigenvalue weighted by Gasteiger charge is -2.19. The highest BCUT2D eigenvalue weighted by Crippen LogP contribution is 2.31. The molecular weight excluding hydrogens is 367 g/mol. The quantitative estimate of drug-likeness (QED) is 0.714. The summed E-state index contributed by atoms with van der Waals surface area (Å²) in [7, 11) is 0. The third-order valence-electron chi connectivity index (χ3n) is 5.22. The molecule has 146 valence electrons. The fourth-order valence-electron chi connectivity index (χ4n) is 3.60. The molecule has 0 saturated heterocycles. The Morgan fingerprint density at radius 1 is 0.966 bits per heavy atom. The zero-order chi connectivity index (χ0) is 20.4. The molecule has 0 unspecified atom stereocenters. The van der Waals surface area contributed by atoms with Crippen molar-refractivity contribution in [2.45, 2.75) is 19.4 Å². The van der Waals surface area contributed by atoms with Crippen molar-refractivity contribution in [1.82, 2.24) is 5.32 Å². The van der Waals surface area contributed by atoms with E-state index in [1.807, 2.05) is 55.5 Å². The number of carbonyl (C=O) groups is 2. The maximum absolute atomic E-state index is 13.0. The fourth-order valence-corrected chi connectivity index (χ4v) is 3.60. The molecule has 1 N–H and O–H groups in total. The molecule has 4 rings (SSSR count). The van der Waals surface area contributed by atoms with Gasteiger partial charge in [-0.25, -0.2) is 4.39 Å². The molecule has 1 atom stereocenters. The SMILES string of the molecule is C[C@@H](NC(=O)c1ccc(F)cc1)c1ccc2c(c1)CCN2C(=O)c1ccccc1. The number of carbonyl (C=O) groups excluding carboxylic acids is 2. The van der Waals surface area contributed by atoms with Crippen molar-refractivity contribution in [3.8, 4) is 0 Å². The van der Waals surface area contributed by atoms with Gasteiger partial charge in [0.05, 0.1) is 6.04 Å². The van der Waals surface area contributed by atoms with E-state index in [9.17, 15) is 14.0 Å². The molecule has 1 heterocycles. The summed E-state index contributed by atoms with van der Waals surface area (Å²) < 4.78 is 13.0. The molecule has 2 amide bonds. The zero-order valence-electron chi connectivity index (χ0n) is 16.1. The number of anilines is 1. The molecule has 0 radical (unpaired) electrons. The summed E-state index contributed by atoms with van der Waals surface area (Å²) in [5.41, 5.74) is 4.06. The zero-order valence-corrected chi connectivity index (χ0v) is 16.1. The first-order valence-corrected chi connectivity index (χ1v) is 9.59. The Bertz CT molecular complexity index is 1050. The van der Waals surface area contributed by atoms with Crippen LogP contribution in [0.4, 0.5) is 10.1 Å². The smallest absolute Gasteiger partial charge is 0.258 e. The second-order valence-electron chi connectivity index (χ2n) is 7.16. The average Bonchev–Trinajstić information content (AvgIpc) is 3.17. The Balaban J connectivity index is 1.49. The fraction of sp³-hybridized carbons (Fsp3) is 0.167. The standard InChI is InChI=1S/C24H21FN2O2/c1-16(26-23(28)17-7-10-21(25)11-8-17)19-9-12-22-20(15-19)13-14-27(22)24(29)18-5-3-2-4-6-18/h2-12,15-16H,13-14H2,1H3,(H,26,28)/t16-/m1/s1. The molecule has 0 spiro atoms. The van der Waals surface area contributed by atoms with E-state index in [2.05, 4.69) is 5.32 Å². The summed E-state index contributed by atoms with van der Waals surface area (Å²) in [6.07, 6.45) is 0.778. The molecule has 0 bridgehead atoms. The number of amides is 2. The molecule has 1 aliphatic heterocycles. The van der Waals surface area contributed by atoms with E-state index in [1.54, 1.807) is 4.90 Å². The third kappa shape index (κ3) is 3.90. The summed E-state index contributed by atoms with van der Waals surface area (Å²) in [6.45, 7) is 2.55. The maximum Gasteiger partial charge on any atom is 0.258 e.